The molecule has 2 unspecified atom stereocenters. The SMILES string of the molecule is CC1CN(C(=O)C2(N)CCOCC2)CC(C)N1C. The summed E-state index contributed by atoms with van der Waals surface area (Å²) in [6.07, 6.45) is 1.28. The van der Waals surface area contributed by atoms with Crippen LogP contribution < -0.4 is 5.73 Å². The van der Waals surface area contributed by atoms with Gasteiger partial charge in [0, 0.05) is 38.4 Å². The lowest BCUT2D eigenvalue weighted by molar-refractivity contribution is -0.144. The van der Waals surface area contributed by atoms with Gasteiger partial charge in [0.2, 0.25) is 5.91 Å². The van der Waals surface area contributed by atoms with Crippen molar-refractivity contribution in [1.29, 1.82) is 0 Å². The average Bonchev–Trinajstić information content (AvgIpc) is 2.35. The van der Waals surface area contributed by atoms with Crippen molar-refractivity contribution < 1.29 is 9.53 Å². The molecule has 2 atom stereocenters. The zero-order valence-electron chi connectivity index (χ0n) is 11.7. The van der Waals surface area contributed by atoms with Crippen LogP contribution in [0.15, 0.2) is 0 Å². The van der Waals surface area contributed by atoms with E-state index in [9.17, 15) is 4.79 Å². The van der Waals surface area contributed by atoms with Gasteiger partial charge < -0.3 is 15.4 Å². The Morgan fingerprint density at radius 3 is 2.22 bits per heavy atom. The quantitative estimate of drug-likeness (QED) is 0.719. The molecule has 0 saturated carbocycles. The number of nitrogens with two attached hydrogens (primary N) is 1. The second kappa shape index (κ2) is 5.15. The average molecular weight is 255 g/mol. The highest BCUT2D eigenvalue weighted by atomic mass is 16.5. The topological polar surface area (TPSA) is 58.8 Å². The molecular weight excluding hydrogens is 230 g/mol. The van der Waals surface area contributed by atoms with Crippen molar-refractivity contribution in [3.63, 3.8) is 0 Å². The number of piperazine rings is 1. The Kier molecular flexibility index (Phi) is 3.94. The van der Waals surface area contributed by atoms with E-state index in [1.54, 1.807) is 0 Å². The van der Waals surface area contributed by atoms with Crippen LogP contribution in [-0.4, -0.2) is 66.7 Å². The van der Waals surface area contributed by atoms with Crippen LogP contribution >= 0.6 is 0 Å². The van der Waals surface area contributed by atoms with Gasteiger partial charge in [-0.1, -0.05) is 0 Å². The van der Waals surface area contributed by atoms with Crippen LogP contribution in [0.3, 0.4) is 0 Å². The Morgan fingerprint density at radius 1 is 1.22 bits per heavy atom. The number of hydrogen-bond donors (Lipinski definition) is 1. The van der Waals surface area contributed by atoms with Crippen LogP contribution in [0.5, 0.6) is 0 Å². The molecule has 2 rings (SSSR count). The summed E-state index contributed by atoms with van der Waals surface area (Å²) in [5.41, 5.74) is 5.57. The normalized spacial score (nSPS) is 33.4. The molecule has 0 aromatic heterocycles. The molecule has 5 nitrogen and oxygen atoms in total. The highest BCUT2D eigenvalue weighted by Crippen LogP contribution is 2.23. The minimum Gasteiger partial charge on any atom is -0.381 e. The summed E-state index contributed by atoms with van der Waals surface area (Å²) in [7, 11) is 2.11. The maximum atomic E-state index is 12.6. The molecule has 18 heavy (non-hydrogen) atoms. The molecule has 2 saturated heterocycles. The number of amides is 1. The van der Waals surface area contributed by atoms with E-state index in [4.69, 9.17) is 10.5 Å². The molecule has 5 heteroatoms. The number of carbonyl (C=O) groups excluding carboxylic acids is 1. The summed E-state index contributed by atoms with van der Waals surface area (Å²) in [5, 5.41) is 0. The first-order valence-corrected chi connectivity index (χ1v) is 6.82. The fraction of sp³-hybridized carbons (Fsp3) is 0.923. The first-order chi connectivity index (χ1) is 8.44. The molecule has 0 radical (unpaired) electrons. The second-order valence-corrected chi connectivity index (χ2v) is 5.84. The van der Waals surface area contributed by atoms with Crippen LogP contribution in [0.2, 0.25) is 0 Å². The number of nitrogens with zero attached hydrogens (tertiary/aromatic N) is 2. The highest BCUT2D eigenvalue weighted by Gasteiger charge is 2.41. The van der Waals surface area contributed by atoms with Crippen molar-refractivity contribution in [2.45, 2.75) is 44.3 Å². The molecule has 0 aliphatic carbocycles. The fourth-order valence-electron chi connectivity index (χ4n) is 2.83. The summed E-state index contributed by atoms with van der Waals surface area (Å²) < 4.78 is 5.30. The highest BCUT2D eigenvalue weighted by molar-refractivity contribution is 5.86. The number of likely N-dealkylation sites (N-methyl/N-ethyl adjacent to an activating group) is 1. The Hall–Kier alpha value is -0.650. The molecule has 104 valence electrons. The van der Waals surface area contributed by atoms with Gasteiger partial charge in [0.1, 0.15) is 0 Å². The van der Waals surface area contributed by atoms with Gasteiger partial charge in [0.05, 0.1) is 5.54 Å². The lowest BCUT2D eigenvalue weighted by Gasteiger charge is -2.45. The lowest BCUT2D eigenvalue weighted by atomic mass is 9.89. The number of hydrogen-bond acceptors (Lipinski definition) is 4. The predicted molar refractivity (Wildman–Crippen MR) is 70.2 cm³/mol. The third-order valence-electron chi connectivity index (χ3n) is 4.46. The first-order valence-electron chi connectivity index (χ1n) is 6.82. The molecule has 0 bridgehead atoms. The number of rotatable bonds is 1. The van der Waals surface area contributed by atoms with E-state index >= 15 is 0 Å². The third kappa shape index (κ3) is 2.53. The number of carbonyl (C=O) groups is 1. The summed E-state index contributed by atoms with van der Waals surface area (Å²) >= 11 is 0. The van der Waals surface area contributed by atoms with Gasteiger partial charge in [0.15, 0.2) is 0 Å². The van der Waals surface area contributed by atoms with Crippen LogP contribution in [0.4, 0.5) is 0 Å². The van der Waals surface area contributed by atoms with Gasteiger partial charge in [-0.2, -0.15) is 0 Å². The van der Waals surface area contributed by atoms with Crippen molar-refractivity contribution in [2.75, 3.05) is 33.4 Å². The summed E-state index contributed by atoms with van der Waals surface area (Å²) in [5.74, 6) is 0.109. The Balaban J connectivity index is 2.04. The molecule has 2 heterocycles. The van der Waals surface area contributed by atoms with E-state index in [2.05, 4.69) is 25.8 Å². The van der Waals surface area contributed by atoms with Gasteiger partial charge in [-0.05, 0) is 33.7 Å². The van der Waals surface area contributed by atoms with Crippen LogP contribution in [0.25, 0.3) is 0 Å². The minimum atomic E-state index is -0.701. The van der Waals surface area contributed by atoms with Gasteiger partial charge in [-0.3, -0.25) is 9.69 Å². The van der Waals surface area contributed by atoms with E-state index < -0.39 is 5.54 Å². The molecule has 0 aromatic carbocycles. The maximum absolute atomic E-state index is 12.6. The van der Waals surface area contributed by atoms with Crippen LogP contribution in [0, 0.1) is 0 Å². The van der Waals surface area contributed by atoms with Gasteiger partial charge in [-0.15, -0.1) is 0 Å². The van der Waals surface area contributed by atoms with E-state index in [0.717, 1.165) is 13.1 Å². The molecular formula is C13H25N3O2. The molecule has 2 fully saturated rings. The molecule has 2 aliphatic heterocycles. The van der Waals surface area contributed by atoms with Crippen molar-refractivity contribution >= 4 is 5.91 Å². The Bertz CT molecular complexity index is 303. The van der Waals surface area contributed by atoms with Gasteiger partial charge in [0.25, 0.3) is 0 Å². The van der Waals surface area contributed by atoms with Crippen molar-refractivity contribution in [3.05, 3.63) is 0 Å². The minimum absolute atomic E-state index is 0.109. The van der Waals surface area contributed by atoms with Gasteiger partial charge in [-0.25, -0.2) is 0 Å². The largest absolute Gasteiger partial charge is 0.381 e. The summed E-state index contributed by atoms with van der Waals surface area (Å²) in [6, 6.07) is 0.780. The molecule has 0 spiro atoms. The Morgan fingerprint density at radius 2 is 1.72 bits per heavy atom. The summed E-state index contributed by atoms with van der Waals surface area (Å²) in [4.78, 5) is 16.9. The van der Waals surface area contributed by atoms with Crippen molar-refractivity contribution in [3.8, 4) is 0 Å². The van der Waals surface area contributed by atoms with E-state index in [1.807, 2.05) is 4.90 Å². The predicted octanol–water partition coefficient (Wildman–Crippen LogP) is 0.0453. The van der Waals surface area contributed by atoms with Crippen LogP contribution in [0.1, 0.15) is 26.7 Å². The smallest absolute Gasteiger partial charge is 0.242 e. The second-order valence-electron chi connectivity index (χ2n) is 5.84. The maximum Gasteiger partial charge on any atom is 0.242 e. The first kappa shape index (κ1) is 13.8. The van der Waals surface area contributed by atoms with E-state index in [1.165, 1.54) is 0 Å². The monoisotopic (exact) mass is 255 g/mol. The number of ether oxygens (including phenoxy) is 1. The zero-order chi connectivity index (χ0) is 13.3. The summed E-state index contributed by atoms with van der Waals surface area (Å²) in [6.45, 7) is 7.06. The molecule has 2 aliphatic rings. The molecule has 2 N–H and O–H groups in total. The van der Waals surface area contributed by atoms with E-state index in [0.29, 0.717) is 38.1 Å². The van der Waals surface area contributed by atoms with E-state index in [-0.39, 0.29) is 5.91 Å². The lowest BCUT2D eigenvalue weighted by Crippen LogP contribution is -2.64. The zero-order valence-corrected chi connectivity index (χ0v) is 11.7. The Labute approximate surface area is 109 Å². The van der Waals surface area contributed by atoms with Crippen molar-refractivity contribution in [1.82, 2.24) is 9.80 Å². The fourth-order valence-corrected chi connectivity index (χ4v) is 2.83. The van der Waals surface area contributed by atoms with Gasteiger partial charge >= 0.3 is 0 Å². The third-order valence-corrected chi connectivity index (χ3v) is 4.46. The standard InChI is InChI=1S/C13H25N3O2/c1-10-8-16(9-11(2)15(10)3)12(17)13(14)4-6-18-7-5-13/h10-11H,4-9,14H2,1-3H3. The van der Waals surface area contributed by atoms with Crippen LogP contribution in [-0.2, 0) is 9.53 Å². The molecule has 1 amide bonds. The van der Waals surface area contributed by atoms with Crippen molar-refractivity contribution in [2.24, 2.45) is 5.73 Å². The molecule has 0 aromatic rings.